The summed E-state index contributed by atoms with van der Waals surface area (Å²) in [5.41, 5.74) is 0. The minimum Gasteiger partial charge on any atom is -0.347 e. The molecule has 5 heteroatoms. The number of amides is 2. The van der Waals surface area contributed by atoms with Gasteiger partial charge < -0.3 is 15.1 Å². The van der Waals surface area contributed by atoms with E-state index >= 15 is 0 Å². The van der Waals surface area contributed by atoms with Crippen LogP contribution in [0, 0.1) is 17.8 Å². The van der Waals surface area contributed by atoms with Crippen LogP contribution in [0.1, 0.15) is 25.7 Å². The van der Waals surface area contributed by atoms with Gasteiger partial charge in [0, 0.05) is 39.6 Å². The molecular weight excluding hydrogens is 254 g/mol. The van der Waals surface area contributed by atoms with Gasteiger partial charge in [-0.15, -0.1) is 0 Å². The highest BCUT2D eigenvalue weighted by molar-refractivity contribution is 5.89. The highest BCUT2D eigenvalue weighted by Crippen LogP contribution is 2.49. The smallest absolute Gasteiger partial charge is 0.246 e. The van der Waals surface area contributed by atoms with Gasteiger partial charge in [-0.2, -0.15) is 0 Å². The van der Waals surface area contributed by atoms with E-state index < -0.39 is 0 Å². The molecule has 0 aromatic carbocycles. The first-order valence-corrected chi connectivity index (χ1v) is 7.80. The van der Waals surface area contributed by atoms with Gasteiger partial charge in [0.1, 0.15) is 6.04 Å². The number of carbonyl (C=O) groups excluding carboxylic acids is 2. The lowest BCUT2D eigenvalue weighted by atomic mass is 9.87. The van der Waals surface area contributed by atoms with Crippen molar-refractivity contribution < 1.29 is 9.59 Å². The maximum absolute atomic E-state index is 12.9. The molecule has 3 fully saturated rings. The lowest BCUT2D eigenvalue weighted by molar-refractivity contribution is -0.149. The summed E-state index contributed by atoms with van der Waals surface area (Å²) in [5, 5.41) is 3.24. The highest BCUT2D eigenvalue weighted by atomic mass is 16.2. The lowest BCUT2D eigenvalue weighted by Crippen LogP contribution is -2.60. The Labute approximate surface area is 120 Å². The molecule has 2 amide bonds. The molecule has 0 aromatic heterocycles. The predicted octanol–water partition coefficient (Wildman–Crippen LogP) is 0.311. The number of rotatable bonds is 2. The van der Waals surface area contributed by atoms with E-state index in [0.717, 1.165) is 18.9 Å². The minimum atomic E-state index is -0.314. The molecule has 0 spiro atoms. The fraction of sp³-hybridized carbons (Fsp3) is 0.867. The summed E-state index contributed by atoms with van der Waals surface area (Å²) in [6, 6.07) is -0.314. The van der Waals surface area contributed by atoms with Gasteiger partial charge in [-0.25, -0.2) is 0 Å². The molecule has 20 heavy (non-hydrogen) atoms. The molecule has 1 saturated heterocycles. The Bertz CT molecular complexity index is 410. The Morgan fingerprint density at radius 3 is 2.60 bits per heavy atom. The van der Waals surface area contributed by atoms with E-state index in [1.54, 1.807) is 19.0 Å². The van der Waals surface area contributed by atoms with Gasteiger partial charge in [0.2, 0.25) is 11.8 Å². The second-order valence-corrected chi connectivity index (χ2v) is 6.77. The van der Waals surface area contributed by atoms with Crippen LogP contribution in [0.4, 0.5) is 0 Å². The van der Waals surface area contributed by atoms with Crippen LogP contribution in [-0.2, 0) is 9.59 Å². The summed E-state index contributed by atoms with van der Waals surface area (Å²) in [6.07, 6.45) is 4.79. The fourth-order valence-electron chi connectivity index (χ4n) is 4.25. The van der Waals surface area contributed by atoms with Crippen LogP contribution in [0.5, 0.6) is 0 Å². The molecule has 2 saturated carbocycles. The number of nitrogens with zero attached hydrogens (tertiary/aromatic N) is 2. The second kappa shape index (κ2) is 5.35. The van der Waals surface area contributed by atoms with Crippen molar-refractivity contribution in [2.24, 2.45) is 17.8 Å². The van der Waals surface area contributed by atoms with Crippen LogP contribution >= 0.6 is 0 Å². The zero-order valence-corrected chi connectivity index (χ0v) is 12.5. The molecule has 2 aliphatic carbocycles. The quantitative estimate of drug-likeness (QED) is 0.791. The maximum atomic E-state index is 12.9. The van der Waals surface area contributed by atoms with E-state index in [-0.39, 0.29) is 23.8 Å². The van der Waals surface area contributed by atoms with Gasteiger partial charge in [-0.05, 0) is 31.1 Å². The van der Waals surface area contributed by atoms with Gasteiger partial charge >= 0.3 is 0 Å². The third kappa shape index (κ3) is 2.32. The third-order valence-electron chi connectivity index (χ3n) is 5.31. The normalized spacial score (nSPS) is 36.2. The molecule has 1 aliphatic heterocycles. The van der Waals surface area contributed by atoms with Crippen molar-refractivity contribution in [3.63, 3.8) is 0 Å². The molecule has 0 aromatic rings. The van der Waals surface area contributed by atoms with Crippen molar-refractivity contribution in [3.05, 3.63) is 0 Å². The first kappa shape index (κ1) is 13.9. The van der Waals surface area contributed by atoms with Gasteiger partial charge in [0.25, 0.3) is 0 Å². The molecule has 3 rings (SSSR count). The number of carbonyl (C=O) groups is 2. The molecule has 5 nitrogen and oxygen atoms in total. The van der Waals surface area contributed by atoms with E-state index in [0.29, 0.717) is 19.0 Å². The zero-order valence-electron chi connectivity index (χ0n) is 12.5. The lowest BCUT2D eigenvalue weighted by Gasteiger charge is -2.39. The number of piperazine rings is 1. The standard InChI is InChI=1S/C15H25N3O2/c1-17(2)15(20)13-9-16-5-6-18(13)14(19)12-8-10-3-4-11(12)7-10/h10-13,16H,3-9H2,1-2H3. The molecule has 112 valence electrons. The number of fused-ring (bicyclic) bond motifs is 2. The first-order valence-electron chi connectivity index (χ1n) is 7.80. The van der Waals surface area contributed by atoms with Crippen molar-refractivity contribution in [1.29, 1.82) is 0 Å². The zero-order chi connectivity index (χ0) is 14.3. The Kier molecular flexibility index (Phi) is 3.71. The van der Waals surface area contributed by atoms with E-state index in [4.69, 9.17) is 0 Å². The van der Waals surface area contributed by atoms with Crippen molar-refractivity contribution in [2.45, 2.75) is 31.7 Å². The number of likely N-dealkylation sites (N-methyl/N-ethyl adjacent to an activating group) is 1. The van der Waals surface area contributed by atoms with Crippen molar-refractivity contribution in [3.8, 4) is 0 Å². The Morgan fingerprint density at radius 2 is 2.00 bits per heavy atom. The van der Waals surface area contributed by atoms with Crippen molar-refractivity contribution >= 4 is 11.8 Å². The van der Waals surface area contributed by atoms with Gasteiger partial charge in [0.05, 0.1) is 0 Å². The van der Waals surface area contributed by atoms with Crippen LogP contribution in [0.3, 0.4) is 0 Å². The molecule has 4 atom stereocenters. The average Bonchev–Trinajstić information content (AvgIpc) is 3.08. The summed E-state index contributed by atoms with van der Waals surface area (Å²) < 4.78 is 0. The Morgan fingerprint density at radius 1 is 1.20 bits per heavy atom. The average molecular weight is 279 g/mol. The van der Waals surface area contributed by atoms with Gasteiger partial charge in [-0.1, -0.05) is 6.42 Å². The van der Waals surface area contributed by atoms with E-state index in [9.17, 15) is 9.59 Å². The summed E-state index contributed by atoms with van der Waals surface area (Å²) >= 11 is 0. The van der Waals surface area contributed by atoms with Crippen LogP contribution in [-0.4, -0.2) is 61.4 Å². The number of hydrogen-bond acceptors (Lipinski definition) is 3. The SMILES string of the molecule is CN(C)C(=O)C1CNCCN1C(=O)C1CC2CCC1C2. The highest BCUT2D eigenvalue weighted by Gasteiger charge is 2.46. The topological polar surface area (TPSA) is 52.7 Å². The van der Waals surface area contributed by atoms with Crippen molar-refractivity contribution in [2.75, 3.05) is 33.7 Å². The fourth-order valence-corrected chi connectivity index (χ4v) is 4.25. The van der Waals surface area contributed by atoms with Crippen molar-refractivity contribution in [1.82, 2.24) is 15.1 Å². The first-order chi connectivity index (χ1) is 9.58. The largest absolute Gasteiger partial charge is 0.347 e. The minimum absolute atomic E-state index is 0.0358. The summed E-state index contributed by atoms with van der Waals surface area (Å²) in [7, 11) is 3.52. The number of nitrogens with one attached hydrogen (secondary N) is 1. The molecule has 0 radical (unpaired) electrons. The summed E-state index contributed by atoms with van der Waals surface area (Å²) in [4.78, 5) is 28.6. The molecule has 1 heterocycles. The number of hydrogen-bond donors (Lipinski definition) is 1. The predicted molar refractivity (Wildman–Crippen MR) is 76.0 cm³/mol. The van der Waals surface area contributed by atoms with Crippen LogP contribution in [0.15, 0.2) is 0 Å². The van der Waals surface area contributed by atoms with Gasteiger partial charge in [0.15, 0.2) is 0 Å². The van der Waals surface area contributed by atoms with E-state index in [2.05, 4.69) is 5.32 Å². The molecule has 4 unspecified atom stereocenters. The van der Waals surface area contributed by atoms with E-state index in [1.165, 1.54) is 19.3 Å². The van der Waals surface area contributed by atoms with E-state index in [1.807, 2.05) is 4.90 Å². The van der Waals surface area contributed by atoms with Crippen LogP contribution in [0.2, 0.25) is 0 Å². The monoisotopic (exact) mass is 279 g/mol. The van der Waals surface area contributed by atoms with Gasteiger partial charge in [-0.3, -0.25) is 9.59 Å². The Hall–Kier alpha value is -1.10. The third-order valence-corrected chi connectivity index (χ3v) is 5.31. The Balaban J connectivity index is 1.73. The molecule has 1 N–H and O–H groups in total. The molecule has 2 bridgehead atoms. The van der Waals surface area contributed by atoms with Crippen LogP contribution in [0.25, 0.3) is 0 Å². The summed E-state index contributed by atoms with van der Waals surface area (Å²) in [5.74, 6) is 1.80. The molecular formula is C15H25N3O2. The second-order valence-electron chi connectivity index (χ2n) is 6.77. The maximum Gasteiger partial charge on any atom is 0.246 e. The molecule has 3 aliphatic rings. The van der Waals surface area contributed by atoms with Crippen LogP contribution < -0.4 is 5.32 Å². The summed E-state index contributed by atoms with van der Waals surface area (Å²) in [6.45, 7) is 2.05.